The molecule has 0 unspecified atom stereocenters. The second kappa shape index (κ2) is 6.66. The highest BCUT2D eigenvalue weighted by Crippen LogP contribution is 2.16. The Labute approximate surface area is 138 Å². The largest absolute Gasteiger partial charge is 0.308 e. The third kappa shape index (κ3) is 3.78. The summed E-state index contributed by atoms with van der Waals surface area (Å²) >= 11 is 6.14. The molecule has 0 radical (unpaired) electrons. The van der Waals surface area contributed by atoms with Gasteiger partial charge in [-0.3, -0.25) is 14.2 Å². The summed E-state index contributed by atoms with van der Waals surface area (Å²) in [5.74, 6) is 0.339. The van der Waals surface area contributed by atoms with Gasteiger partial charge in [0.25, 0.3) is 0 Å². The highest BCUT2D eigenvalue weighted by Gasteiger charge is 2.08. The molecule has 7 heteroatoms. The first-order valence-corrected chi connectivity index (χ1v) is 7.55. The zero-order valence-corrected chi connectivity index (χ0v) is 13.4. The molecule has 6 nitrogen and oxygen atoms in total. The molecule has 3 aromatic rings. The Kier molecular flexibility index (Phi) is 4.43. The number of hydrogen-bond donors (Lipinski definition) is 1. The van der Waals surface area contributed by atoms with Gasteiger partial charge in [-0.2, -0.15) is 10.2 Å². The summed E-state index contributed by atoms with van der Waals surface area (Å²) in [6, 6.07) is 11.2. The second-order valence-corrected chi connectivity index (χ2v) is 5.58. The molecule has 2 aromatic heterocycles. The first-order valence-electron chi connectivity index (χ1n) is 7.17. The first-order chi connectivity index (χ1) is 11.1. The Morgan fingerprint density at radius 2 is 2.09 bits per heavy atom. The molecule has 23 heavy (non-hydrogen) atoms. The van der Waals surface area contributed by atoms with Gasteiger partial charge in [-0.05, 0) is 24.6 Å². The molecule has 2 heterocycles. The molecule has 1 N–H and O–H groups in total. The topological polar surface area (TPSA) is 64.7 Å². The lowest BCUT2D eigenvalue weighted by atomic mass is 10.2. The van der Waals surface area contributed by atoms with Crippen LogP contribution in [0.15, 0.2) is 48.8 Å². The summed E-state index contributed by atoms with van der Waals surface area (Å²) < 4.78 is 3.37. The van der Waals surface area contributed by atoms with Crippen molar-refractivity contribution in [2.75, 3.05) is 5.32 Å². The molecule has 0 saturated heterocycles. The Morgan fingerprint density at radius 3 is 2.83 bits per heavy atom. The van der Waals surface area contributed by atoms with Crippen LogP contribution >= 0.6 is 11.6 Å². The zero-order valence-electron chi connectivity index (χ0n) is 12.6. The summed E-state index contributed by atoms with van der Waals surface area (Å²) in [5.41, 5.74) is 1.91. The quantitative estimate of drug-likeness (QED) is 0.782. The van der Waals surface area contributed by atoms with Crippen LogP contribution in [0.2, 0.25) is 5.02 Å². The number of nitrogens with zero attached hydrogens (tertiary/aromatic N) is 4. The zero-order chi connectivity index (χ0) is 16.2. The lowest BCUT2D eigenvalue weighted by molar-refractivity contribution is -0.117. The minimum Gasteiger partial charge on any atom is -0.308 e. The average molecular weight is 330 g/mol. The fourth-order valence-electron chi connectivity index (χ4n) is 2.20. The number of halogens is 1. The van der Waals surface area contributed by atoms with Gasteiger partial charge < -0.3 is 5.32 Å². The van der Waals surface area contributed by atoms with E-state index < -0.39 is 0 Å². The van der Waals surface area contributed by atoms with E-state index in [1.54, 1.807) is 27.8 Å². The molecule has 1 amide bonds. The minimum absolute atomic E-state index is 0.163. The summed E-state index contributed by atoms with van der Waals surface area (Å²) in [6.45, 7) is 2.61. The van der Waals surface area contributed by atoms with Crippen molar-refractivity contribution in [3.8, 4) is 0 Å². The first kappa shape index (κ1) is 15.3. The predicted molar refractivity (Wildman–Crippen MR) is 88.4 cm³/mol. The van der Waals surface area contributed by atoms with Crippen LogP contribution in [0, 0.1) is 6.92 Å². The number of benzene rings is 1. The van der Waals surface area contributed by atoms with Crippen molar-refractivity contribution >= 4 is 23.3 Å². The molecule has 0 spiro atoms. The van der Waals surface area contributed by atoms with E-state index in [9.17, 15) is 4.79 Å². The molecule has 0 saturated carbocycles. The predicted octanol–water partition coefficient (Wildman–Crippen LogP) is 2.73. The van der Waals surface area contributed by atoms with Crippen LogP contribution in [-0.4, -0.2) is 25.5 Å². The van der Waals surface area contributed by atoms with Crippen LogP contribution in [0.3, 0.4) is 0 Å². The van der Waals surface area contributed by atoms with Crippen LogP contribution in [-0.2, 0) is 17.9 Å². The van der Waals surface area contributed by atoms with Gasteiger partial charge in [0, 0.05) is 29.2 Å². The molecule has 0 aliphatic rings. The summed E-state index contributed by atoms with van der Waals surface area (Å²) in [4.78, 5) is 12.0. The van der Waals surface area contributed by atoms with E-state index >= 15 is 0 Å². The van der Waals surface area contributed by atoms with E-state index in [1.165, 1.54) is 0 Å². The van der Waals surface area contributed by atoms with Crippen molar-refractivity contribution in [2.45, 2.75) is 20.0 Å². The van der Waals surface area contributed by atoms with E-state index in [-0.39, 0.29) is 12.5 Å². The van der Waals surface area contributed by atoms with Gasteiger partial charge in [-0.15, -0.1) is 0 Å². The second-order valence-electron chi connectivity index (χ2n) is 5.17. The van der Waals surface area contributed by atoms with Crippen molar-refractivity contribution in [1.82, 2.24) is 19.6 Å². The molecular weight excluding hydrogens is 314 g/mol. The standard InChI is InChI=1S/C16H16ClN5O/c1-12-6-8-18-22(12)11-16(23)19-15-7-9-21(20-15)10-13-4-2-3-5-14(13)17/h2-9H,10-11H2,1H3,(H,19,20,23). The normalized spacial score (nSPS) is 10.7. The van der Waals surface area contributed by atoms with E-state index in [0.29, 0.717) is 17.4 Å². The smallest absolute Gasteiger partial charge is 0.247 e. The molecule has 118 valence electrons. The molecule has 3 rings (SSSR count). The van der Waals surface area contributed by atoms with Crippen molar-refractivity contribution < 1.29 is 4.79 Å². The molecule has 0 aliphatic heterocycles. The summed E-state index contributed by atoms with van der Waals surface area (Å²) in [6.07, 6.45) is 3.47. The SMILES string of the molecule is Cc1ccnn1CC(=O)Nc1ccn(Cc2ccccc2Cl)n1. The van der Waals surface area contributed by atoms with Crippen LogP contribution in [0.25, 0.3) is 0 Å². The maximum atomic E-state index is 12.0. The highest BCUT2D eigenvalue weighted by molar-refractivity contribution is 6.31. The number of aryl methyl sites for hydroxylation is 1. The monoisotopic (exact) mass is 329 g/mol. The van der Waals surface area contributed by atoms with Gasteiger partial charge in [0.2, 0.25) is 5.91 Å². The number of amides is 1. The van der Waals surface area contributed by atoms with E-state index in [2.05, 4.69) is 15.5 Å². The third-order valence-corrected chi connectivity index (χ3v) is 3.79. The Balaban J connectivity index is 1.62. The van der Waals surface area contributed by atoms with Gasteiger partial charge in [0.05, 0.1) is 6.54 Å². The Hall–Kier alpha value is -2.60. The number of aromatic nitrogens is 4. The lowest BCUT2D eigenvalue weighted by Gasteiger charge is -2.05. The molecule has 1 aromatic carbocycles. The molecule has 0 aliphatic carbocycles. The van der Waals surface area contributed by atoms with Gasteiger partial charge in [-0.1, -0.05) is 29.8 Å². The van der Waals surface area contributed by atoms with Gasteiger partial charge in [-0.25, -0.2) is 0 Å². The molecule has 0 fully saturated rings. The van der Waals surface area contributed by atoms with Gasteiger partial charge in [0.1, 0.15) is 6.54 Å². The number of hydrogen-bond acceptors (Lipinski definition) is 3. The van der Waals surface area contributed by atoms with E-state index in [1.807, 2.05) is 37.3 Å². The fourth-order valence-corrected chi connectivity index (χ4v) is 2.40. The fraction of sp³-hybridized carbons (Fsp3) is 0.188. The van der Waals surface area contributed by atoms with E-state index in [4.69, 9.17) is 11.6 Å². The maximum absolute atomic E-state index is 12.0. The van der Waals surface area contributed by atoms with Crippen molar-refractivity contribution in [2.24, 2.45) is 0 Å². The van der Waals surface area contributed by atoms with Crippen LogP contribution in [0.5, 0.6) is 0 Å². The molecule has 0 bridgehead atoms. The molecule has 0 atom stereocenters. The number of anilines is 1. The van der Waals surface area contributed by atoms with Crippen molar-refractivity contribution in [3.05, 3.63) is 65.1 Å². The van der Waals surface area contributed by atoms with Gasteiger partial charge in [0.15, 0.2) is 5.82 Å². The van der Waals surface area contributed by atoms with Crippen molar-refractivity contribution in [1.29, 1.82) is 0 Å². The molecular formula is C16H16ClN5O. The summed E-state index contributed by atoms with van der Waals surface area (Å²) in [7, 11) is 0. The van der Waals surface area contributed by atoms with Crippen molar-refractivity contribution in [3.63, 3.8) is 0 Å². The summed E-state index contributed by atoms with van der Waals surface area (Å²) in [5, 5.41) is 11.9. The van der Waals surface area contributed by atoms with E-state index in [0.717, 1.165) is 11.3 Å². The highest BCUT2D eigenvalue weighted by atomic mass is 35.5. The maximum Gasteiger partial charge on any atom is 0.247 e. The number of carbonyl (C=O) groups is 1. The third-order valence-electron chi connectivity index (χ3n) is 3.42. The van der Waals surface area contributed by atoms with Crippen LogP contribution in [0.4, 0.5) is 5.82 Å². The van der Waals surface area contributed by atoms with Crippen LogP contribution < -0.4 is 5.32 Å². The number of rotatable bonds is 5. The number of carbonyl (C=O) groups excluding carboxylic acids is 1. The Morgan fingerprint density at radius 1 is 1.26 bits per heavy atom. The number of nitrogens with one attached hydrogen (secondary N) is 1. The Bertz CT molecular complexity index is 823. The average Bonchev–Trinajstić information content (AvgIpc) is 3.11. The van der Waals surface area contributed by atoms with Gasteiger partial charge >= 0.3 is 0 Å². The minimum atomic E-state index is -0.167. The van der Waals surface area contributed by atoms with Crippen LogP contribution in [0.1, 0.15) is 11.3 Å². The lowest BCUT2D eigenvalue weighted by Crippen LogP contribution is -2.20.